The number of aromatic nitrogens is 4. The number of nitrogens with zero attached hydrogens (tertiary/aromatic N) is 2. The first-order chi connectivity index (χ1) is 15.9. The van der Waals surface area contributed by atoms with E-state index in [1.165, 1.54) is 0 Å². The molecule has 2 aliphatic rings. The molecule has 0 aromatic carbocycles. The van der Waals surface area contributed by atoms with Gasteiger partial charge in [0.1, 0.15) is 0 Å². The molecule has 0 spiro atoms. The van der Waals surface area contributed by atoms with E-state index < -0.39 is 0 Å². The zero-order chi connectivity index (χ0) is 24.6. The molecule has 0 saturated carbocycles. The van der Waals surface area contributed by atoms with E-state index in [9.17, 15) is 0 Å². The number of H-pyrrole nitrogens is 2. The van der Waals surface area contributed by atoms with Crippen LogP contribution in [0.15, 0.2) is 36.1 Å². The zero-order valence-corrected chi connectivity index (χ0v) is 25.8. The van der Waals surface area contributed by atoms with Crippen molar-refractivity contribution in [3.8, 4) is 5.75 Å². The van der Waals surface area contributed by atoms with Crippen molar-refractivity contribution in [3.63, 3.8) is 0 Å². The molecule has 2 N–H and O–H groups in total. The summed E-state index contributed by atoms with van der Waals surface area (Å²) in [6.45, 7) is 8.87. The molecule has 5 rings (SSSR count). The lowest BCUT2D eigenvalue weighted by molar-refractivity contribution is 0.409. The van der Waals surface area contributed by atoms with Gasteiger partial charge in [-0.1, -0.05) is 27.7 Å². The maximum Gasteiger partial charge on any atom is 0.164 e. The molecule has 0 radical (unpaired) electrons. The summed E-state index contributed by atoms with van der Waals surface area (Å²) in [5, 5.41) is 0. The number of hydrogen-bond donors (Lipinski definition) is 2. The van der Waals surface area contributed by atoms with Crippen molar-refractivity contribution in [1.82, 2.24) is 19.9 Å². The highest BCUT2D eigenvalue weighted by molar-refractivity contribution is 9.13. The number of fused-ring (bicyclic) bond motifs is 8. The molecule has 0 atom stereocenters. The highest BCUT2D eigenvalue weighted by Crippen LogP contribution is 2.42. The van der Waals surface area contributed by atoms with Crippen LogP contribution in [0.3, 0.4) is 0 Å². The molecule has 0 fully saturated rings. The molecule has 8 bridgehead atoms. The highest BCUT2D eigenvalue weighted by atomic mass is 79.9. The molecule has 9 heteroatoms. The van der Waals surface area contributed by atoms with Gasteiger partial charge in [0.05, 0.1) is 52.8 Å². The quantitative estimate of drug-likeness (QED) is 0.266. The van der Waals surface area contributed by atoms with Gasteiger partial charge in [-0.25, -0.2) is 0 Å². The van der Waals surface area contributed by atoms with Crippen LogP contribution in [0.4, 0.5) is 0 Å². The number of nitrogens with one attached hydrogen (secondary N) is 2. The average Bonchev–Trinajstić information content (AvgIpc) is 3.39. The van der Waals surface area contributed by atoms with Crippen LogP contribution in [0.1, 0.15) is 50.5 Å². The third kappa shape index (κ3) is 4.00. The van der Waals surface area contributed by atoms with Gasteiger partial charge in [0.15, 0.2) is 5.75 Å². The minimum Gasteiger partial charge on any atom is -0.493 e. The molecule has 2 aliphatic heterocycles. The number of halogens is 4. The number of ether oxygens (including phenoxy) is 1. The Balaban J connectivity index is 1.99. The lowest BCUT2D eigenvalue weighted by Crippen LogP contribution is -2.15. The van der Waals surface area contributed by atoms with Gasteiger partial charge in [0.2, 0.25) is 0 Å². The van der Waals surface area contributed by atoms with Crippen LogP contribution >= 0.6 is 63.7 Å². The van der Waals surface area contributed by atoms with E-state index in [2.05, 4.69) is 120 Å². The Morgan fingerprint density at radius 1 is 0.735 bits per heavy atom. The number of methoxy groups -OCH3 is 1. The minimum absolute atomic E-state index is 0.0982. The van der Waals surface area contributed by atoms with Crippen molar-refractivity contribution >= 4 is 85.8 Å². The Morgan fingerprint density at radius 2 is 1.26 bits per heavy atom. The van der Waals surface area contributed by atoms with E-state index in [1.54, 1.807) is 7.11 Å². The molecule has 0 aliphatic carbocycles. The zero-order valence-electron chi connectivity index (χ0n) is 19.5. The summed E-state index contributed by atoms with van der Waals surface area (Å²) < 4.78 is 9.72. The van der Waals surface area contributed by atoms with Gasteiger partial charge in [0, 0.05) is 40.8 Å². The van der Waals surface area contributed by atoms with Crippen LogP contribution in [-0.2, 0) is 23.7 Å². The molecule has 0 amide bonds. The smallest absolute Gasteiger partial charge is 0.164 e. The summed E-state index contributed by atoms with van der Waals surface area (Å²) in [6, 6.07) is 6.37. The maximum absolute atomic E-state index is 5.93. The van der Waals surface area contributed by atoms with Crippen LogP contribution in [0.25, 0.3) is 22.1 Å². The van der Waals surface area contributed by atoms with E-state index >= 15 is 0 Å². The number of hydrogen-bond acceptors (Lipinski definition) is 3. The van der Waals surface area contributed by atoms with Crippen molar-refractivity contribution in [2.45, 2.75) is 51.4 Å². The Bertz CT molecular complexity index is 1500. The Hall–Kier alpha value is -1.16. The fourth-order valence-corrected chi connectivity index (χ4v) is 6.39. The van der Waals surface area contributed by atoms with Crippen LogP contribution < -0.4 is 4.74 Å². The molecule has 34 heavy (non-hydrogen) atoms. The van der Waals surface area contributed by atoms with Crippen LogP contribution in [0.2, 0.25) is 0 Å². The SMILES string of the molecule is COc1c2nc(cc3[nH]c(cc4nc(cc5[nH]c1c(Br)c5Br)C(C)(C)C4)c(Br)c3Br)C(C)(C)C2. The molecule has 0 unspecified atom stereocenters. The molecule has 3 aromatic rings. The third-order valence-corrected chi connectivity index (χ3v) is 10.9. The van der Waals surface area contributed by atoms with Gasteiger partial charge in [-0.2, -0.15) is 0 Å². The number of rotatable bonds is 1. The summed E-state index contributed by atoms with van der Waals surface area (Å²) >= 11 is 15.0. The van der Waals surface area contributed by atoms with E-state index in [0.717, 1.165) is 81.3 Å². The standard InChI is InChI=1S/C25H24Br4N4O/c1-24(2)9-11-6-12-18(26)19(27)13(31-12)7-17-25(3,4)10-15(32-17)23(34-5)22-21(29)20(28)14(33-22)8-16(24)30-11/h6-8,31,33H,9-10H2,1-5H3. The summed E-state index contributed by atoms with van der Waals surface area (Å²) in [6.07, 6.45) is 1.61. The van der Waals surface area contributed by atoms with Crippen molar-refractivity contribution < 1.29 is 4.74 Å². The summed E-state index contributed by atoms with van der Waals surface area (Å²) in [4.78, 5) is 17.2. The predicted molar refractivity (Wildman–Crippen MR) is 152 cm³/mol. The molecule has 5 nitrogen and oxygen atoms in total. The Kier molecular flexibility index (Phi) is 6.10. The molecule has 3 aromatic heterocycles. The van der Waals surface area contributed by atoms with E-state index in [0.29, 0.717) is 0 Å². The molecular formula is C25H24Br4N4O. The first-order valence-corrected chi connectivity index (χ1v) is 14.1. The van der Waals surface area contributed by atoms with Crippen LogP contribution in [0.5, 0.6) is 5.75 Å². The molecule has 5 heterocycles. The second-order valence-corrected chi connectivity index (χ2v) is 13.3. The van der Waals surface area contributed by atoms with Gasteiger partial charge in [-0.3, -0.25) is 9.97 Å². The first-order valence-electron chi connectivity index (χ1n) is 10.9. The van der Waals surface area contributed by atoms with Gasteiger partial charge >= 0.3 is 0 Å². The van der Waals surface area contributed by atoms with Gasteiger partial charge < -0.3 is 14.7 Å². The second kappa shape index (κ2) is 8.46. The topological polar surface area (TPSA) is 66.6 Å². The van der Waals surface area contributed by atoms with Crippen molar-refractivity contribution in [3.05, 3.63) is 58.9 Å². The second-order valence-electron chi connectivity index (χ2n) is 10.1. The Labute approximate surface area is 232 Å². The monoisotopic (exact) mass is 712 g/mol. The highest BCUT2D eigenvalue weighted by Gasteiger charge is 2.32. The first kappa shape index (κ1) is 24.5. The predicted octanol–water partition coefficient (Wildman–Crippen LogP) is 8.41. The van der Waals surface area contributed by atoms with Crippen LogP contribution in [0, 0.1) is 0 Å². The lowest BCUT2D eigenvalue weighted by Gasteiger charge is -2.16. The van der Waals surface area contributed by atoms with E-state index in [-0.39, 0.29) is 10.8 Å². The van der Waals surface area contributed by atoms with Crippen molar-refractivity contribution in [1.29, 1.82) is 0 Å². The van der Waals surface area contributed by atoms with Crippen LogP contribution in [-0.4, -0.2) is 27.0 Å². The Morgan fingerprint density at radius 3 is 1.91 bits per heavy atom. The van der Waals surface area contributed by atoms with Gasteiger partial charge in [-0.05, 0) is 81.9 Å². The summed E-state index contributed by atoms with van der Waals surface area (Å²) in [5.41, 5.74) is 7.47. The van der Waals surface area contributed by atoms with Gasteiger partial charge in [-0.15, -0.1) is 0 Å². The number of aromatic amines is 2. The third-order valence-electron chi connectivity index (χ3n) is 6.55. The normalized spacial score (nSPS) is 16.6. The fraction of sp³-hybridized carbons (Fsp3) is 0.360. The van der Waals surface area contributed by atoms with E-state index in [1.807, 2.05) is 0 Å². The van der Waals surface area contributed by atoms with E-state index in [4.69, 9.17) is 14.7 Å². The fourth-order valence-electron chi connectivity index (χ4n) is 4.63. The van der Waals surface area contributed by atoms with Crippen molar-refractivity contribution in [2.75, 3.05) is 7.11 Å². The molecular weight excluding hydrogens is 692 g/mol. The average molecular weight is 716 g/mol. The molecule has 0 saturated heterocycles. The lowest BCUT2D eigenvalue weighted by atomic mass is 9.87. The summed E-state index contributed by atoms with van der Waals surface area (Å²) in [5.74, 6) is 0.733. The minimum atomic E-state index is -0.151. The summed E-state index contributed by atoms with van der Waals surface area (Å²) in [7, 11) is 1.70. The maximum atomic E-state index is 5.93. The molecule has 178 valence electrons. The van der Waals surface area contributed by atoms with Crippen molar-refractivity contribution in [2.24, 2.45) is 0 Å². The van der Waals surface area contributed by atoms with Gasteiger partial charge in [0.25, 0.3) is 0 Å². The largest absolute Gasteiger partial charge is 0.493 e.